The number of para-hydroxylation sites is 2. The monoisotopic (exact) mass is 709 g/mol. The van der Waals surface area contributed by atoms with Gasteiger partial charge in [-0.3, -0.25) is 14.5 Å². The van der Waals surface area contributed by atoms with Gasteiger partial charge in [-0.25, -0.2) is 4.39 Å². The molecule has 0 spiro atoms. The summed E-state index contributed by atoms with van der Waals surface area (Å²) in [6.07, 6.45) is -6.93. The highest BCUT2D eigenvalue weighted by Gasteiger charge is 2.35. The molecular weight excluding hydrogens is 670 g/mol. The average molecular weight is 710 g/mol. The van der Waals surface area contributed by atoms with E-state index in [9.17, 15) is 37.4 Å². The molecule has 0 aromatic heterocycles. The van der Waals surface area contributed by atoms with E-state index in [4.69, 9.17) is 9.47 Å². The Balaban J connectivity index is 1.36. The normalized spacial score (nSPS) is 17.5. The van der Waals surface area contributed by atoms with Crippen molar-refractivity contribution in [3.63, 3.8) is 0 Å². The Hall–Kier alpha value is -4.98. The third-order valence-corrected chi connectivity index (χ3v) is 8.68. The van der Waals surface area contributed by atoms with Gasteiger partial charge in [0.2, 0.25) is 0 Å². The largest absolute Gasteiger partial charge is 0.486 e. The highest BCUT2D eigenvalue weighted by molar-refractivity contribution is 6.02. The summed E-state index contributed by atoms with van der Waals surface area (Å²) in [6.45, 7) is 4.49. The zero-order valence-corrected chi connectivity index (χ0v) is 28.2. The zero-order chi connectivity index (χ0) is 36.9. The summed E-state index contributed by atoms with van der Waals surface area (Å²) < 4.78 is 65.4. The van der Waals surface area contributed by atoms with Crippen LogP contribution in [0.5, 0.6) is 17.2 Å². The molecule has 270 valence electrons. The molecular formula is C38H39F4N3O6. The molecule has 13 heteroatoms. The van der Waals surface area contributed by atoms with E-state index in [1.165, 1.54) is 18.2 Å². The Labute approximate surface area is 293 Å². The number of rotatable bonds is 11. The van der Waals surface area contributed by atoms with Crippen LogP contribution in [0.25, 0.3) is 0 Å². The first-order valence-electron chi connectivity index (χ1n) is 16.3. The zero-order valence-electron chi connectivity index (χ0n) is 28.2. The number of aliphatic hydroxyl groups is 2. The summed E-state index contributed by atoms with van der Waals surface area (Å²) in [5, 5.41) is 23.3. The minimum atomic E-state index is -4.58. The first-order chi connectivity index (χ1) is 24.2. The van der Waals surface area contributed by atoms with Crippen molar-refractivity contribution < 1.29 is 46.8 Å². The van der Waals surface area contributed by atoms with Crippen LogP contribution in [0.1, 0.15) is 47.0 Å². The third-order valence-electron chi connectivity index (χ3n) is 8.68. The lowest BCUT2D eigenvalue weighted by molar-refractivity contribution is -0.137. The van der Waals surface area contributed by atoms with Gasteiger partial charge in [0.15, 0.2) is 23.4 Å². The number of carbonyl (C=O) groups excluding carboxylic acids is 2. The summed E-state index contributed by atoms with van der Waals surface area (Å²) in [5.41, 5.74) is 0.169. The molecule has 0 bridgehead atoms. The number of hydrogen-bond donors (Lipinski definition) is 3. The van der Waals surface area contributed by atoms with E-state index >= 15 is 0 Å². The molecule has 5 rings (SSSR count). The van der Waals surface area contributed by atoms with Crippen molar-refractivity contribution in [2.75, 3.05) is 32.1 Å². The minimum absolute atomic E-state index is 0.0563. The van der Waals surface area contributed by atoms with Gasteiger partial charge < -0.3 is 29.9 Å². The van der Waals surface area contributed by atoms with Gasteiger partial charge >= 0.3 is 6.18 Å². The lowest BCUT2D eigenvalue weighted by Crippen LogP contribution is -2.49. The molecule has 2 amide bonds. The molecule has 9 nitrogen and oxygen atoms in total. The van der Waals surface area contributed by atoms with Gasteiger partial charge in [-0.15, -0.1) is 0 Å². The van der Waals surface area contributed by atoms with Gasteiger partial charge in [0.25, 0.3) is 11.8 Å². The van der Waals surface area contributed by atoms with Gasteiger partial charge in [-0.05, 0) is 73.6 Å². The van der Waals surface area contributed by atoms with Crippen LogP contribution in [0.3, 0.4) is 0 Å². The van der Waals surface area contributed by atoms with Gasteiger partial charge in [-0.2, -0.15) is 13.2 Å². The molecule has 51 heavy (non-hydrogen) atoms. The van der Waals surface area contributed by atoms with Crippen molar-refractivity contribution in [2.45, 2.75) is 44.8 Å². The van der Waals surface area contributed by atoms with Crippen LogP contribution in [0.2, 0.25) is 0 Å². The third kappa shape index (κ3) is 9.04. The number of amides is 2. The number of ether oxygens (including phenoxy) is 2. The summed E-state index contributed by atoms with van der Waals surface area (Å²) in [7, 11) is 1.90. The highest BCUT2D eigenvalue weighted by Crippen LogP contribution is 2.36. The Morgan fingerprint density at radius 1 is 1.04 bits per heavy atom. The summed E-state index contributed by atoms with van der Waals surface area (Å²) in [5.74, 6) is -1.44. The maximum atomic E-state index is 14.0. The minimum Gasteiger partial charge on any atom is -0.486 e. The number of halogens is 4. The number of nitrogens with one attached hydrogen (secondary N) is 1. The molecule has 1 unspecified atom stereocenters. The standard InChI is InChI=1S/C38H39F4N3O6/c1-23-19-45(24(2)22-46)37(49)29-7-6-9-31(43-36(48)34(47)26-13-15-27(16-14-26)38(40,41)42)35(29)51-33(23)21-44(3)20-25-11-17-28(18-12-25)50-32-10-5-4-8-30(32)39/h4-18,23-24,33-34,46-47H,19-22H2,1-3H3,(H,43,48)/t23-,24+,33-,34?/m1/s1. The predicted octanol–water partition coefficient (Wildman–Crippen LogP) is 6.66. The number of likely N-dealkylation sites (N-methyl/N-ethyl adjacent to an activating group) is 1. The number of benzene rings is 4. The molecule has 0 saturated carbocycles. The van der Waals surface area contributed by atoms with Crippen LogP contribution in [0, 0.1) is 11.7 Å². The molecule has 1 heterocycles. The first-order valence-corrected chi connectivity index (χ1v) is 16.3. The summed E-state index contributed by atoms with van der Waals surface area (Å²) in [6, 6.07) is 21.0. The van der Waals surface area contributed by atoms with Crippen molar-refractivity contribution in [3.05, 3.63) is 119 Å². The van der Waals surface area contributed by atoms with Crippen molar-refractivity contribution in [1.82, 2.24) is 9.80 Å². The number of hydrogen-bond acceptors (Lipinski definition) is 7. The van der Waals surface area contributed by atoms with Crippen LogP contribution >= 0.6 is 0 Å². The number of fused-ring (bicyclic) bond motifs is 1. The molecule has 0 radical (unpaired) electrons. The van der Waals surface area contributed by atoms with Crippen LogP contribution in [-0.2, 0) is 17.5 Å². The van der Waals surface area contributed by atoms with Crippen LogP contribution < -0.4 is 14.8 Å². The van der Waals surface area contributed by atoms with E-state index in [-0.39, 0.29) is 47.4 Å². The van der Waals surface area contributed by atoms with E-state index in [0.29, 0.717) is 18.8 Å². The van der Waals surface area contributed by atoms with Crippen molar-refractivity contribution in [3.8, 4) is 17.2 Å². The average Bonchev–Trinajstić information content (AvgIpc) is 3.10. The smallest absolute Gasteiger partial charge is 0.416 e. The van der Waals surface area contributed by atoms with Crippen LogP contribution in [0.15, 0.2) is 91.0 Å². The highest BCUT2D eigenvalue weighted by atomic mass is 19.4. The van der Waals surface area contributed by atoms with Gasteiger partial charge in [0.05, 0.1) is 29.5 Å². The SMILES string of the molecule is C[C@@H]1CN([C@@H](C)CO)C(=O)c2cccc(NC(=O)C(O)c3ccc(C(F)(F)F)cc3)c2O[C@@H]1CN(C)Cc1ccc(Oc2ccccc2F)cc1. The lowest BCUT2D eigenvalue weighted by Gasteiger charge is -2.38. The molecule has 0 saturated heterocycles. The second-order valence-corrected chi connectivity index (χ2v) is 12.7. The molecule has 0 fully saturated rings. The molecule has 4 atom stereocenters. The molecule has 1 aliphatic rings. The van der Waals surface area contributed by atoms with Crippen LogP contribution in [0.4, 0.5) is 23.2 Å². The Kier molecular flexibility index (Phi) is 11.6. The summed E-state index contributed by atoms with van der Waals surface area (Å²) in [4.78, 5) is 30.6. The van der Waals surface area contributed by atoms with E-state index in [1.54, 1.807) is 48.2 Å². The second kappa shape index (κ2) is 15.9. The Bertz CT molecular complexity index is 1820. The molecule has 1 aliphatic heterocycles. The van der Waals surface area contributed by atoms with E-state index in [1.807, 2.05) is 31.0 Å². The number of alkyl halides is 3. The number of aliphatic hydroxyl groups excluding tert-OH is 2. The maximum Gasteiger partial charge on any atom is 0.416 e. The van der Waals surface area contributed by atoms with Crippen molar-refractivity contribution in [1.29, 1.82) is 0 Å². The van der Waals surface area contributed by atoms with Crippen LogP contribution in [-0.4, -0.2) is 70.7 Å². The molecule has 4 aromatic carbocycles. The van der Waals surface area contributed by atoms with E-state index in [2.05, 4.69) is 5.32 Å². The maximum absolute atomic E-state index is 14.0. The Morgan fingerprint density at radius 2 is 1.73 bits per heavy atom. The van der Waals surface area contributed by atoms with Gasteiger partial charge in [0.1, 0.15) is 11.9 Å². The molecule has 4 aromatic rings. The number of carbonyl (C=O) groups is 2. The van der Waals surface area contributed by atoms with E-state index in [0.717, 1.165) is 29.8 Å². The van der Waals surface area contributed by atoms with E-state index < -0.39 is 47.6 Å². The fraction of sp³-hybridized carbons (Fsp3) is 0.316. The quantitative estimate of drug-likeness (QED) is 0.150. The molecule has 0 aliphatic carbocycles. The van der Waals surface area contributed by atoms with Crippen molar-refractivity contribution >= 4 is 17.5 Å². The number of nitrogens with zero attached hydrogens (tertiary/aromatic N) is 2. The first kappa shape index (κ1) is 37.3. The predicted molar refractivity (Wildman–Crippen MR) is 182 cm³/mol. The molecule has 3 N–H and O–H groups in total. The summed E-state index contributed by atoms with van der Waals surface area (Å²) >= 11 is 0. The van der Waals surface area contributed by atoms with Gasteiger partial charge in [-0.1, -0.05) is 49.4 Å². The lowest BCUT2D eigenvalue weighted by atomic mass is 9.98. The Morgan fingerprint density at radius 3 is 2.37 bits per heavy atom. The topological polar surface area (TPSA) is 112 Å². The van der Waals surface area contributed by atoms with Gasteiger partial charge in [0, 0.05) is 25.6 Å². The van der Waals surface area contributed by atoms with Crippen molar-refractivity contribution in [2.24, 2.45) is 5.92 Å². The second-order valence-electron chi connectivity index (χ2n) is 12.7. The number of anilines is 1. The fourth-order valence-electron chi connectivity index (χ4n) is 5.77. The fourth-order valence-corrected chi connectivity index (χ4v) is 5.77.